The summed E-state index contributed by atoms with van der Waals surface area (Å²) in [6.45, 7) is 8.93. The smallest absolute Gasteiger partial charge is 0.0478 e. The van der Waals surface area contributed by atoms with E-state index in [4.69, 9.17) is 0 Å². The summed E-state index contributed by atoms with van der Waals surface area (Å²) in [6, 6.07) is 0. The molecule has 1 rings (SSSR count). The van der Waals surface area contributed by atoms with Crippen LogP contribution in [0, 0.1) is 5.41 Å². The Hall–Kier alpha value is -0.590. The molecule has 0 aromatic heterocycles. The van der Waals surface area contributed by atoms with Gasteiger partial charge in [-0.15, -0.1) is 0 Å². The first-order chi connectivity index (χ1) is 5.25. The number of nitrogens with zero attached hydrogens (tertiary/aromatic N) is 1. The summed E-state index contributed by atoms with van der Waals surface area (Å²) in [6.07, 6.45) is 6.04. The van der Waals surface area contributed by atoms with E-state index in [2.05, 4.69) is 31.6 Å². The van der Waals surface area contributed by atoms with Gasteiger partial charge in [-0.2, -0.15) is 0 Å². The molecule has 0 radical (unpaired) electrons. The van der Waals surface area contributed by atoms with Crippen LogP contribution in [0.2, 0.25) is 0 Å². The Morgan fingerprint density at radius 2 is 2.45 bits per heavy atom. The Labute approximate surface area is 69.2 Å². The Kier molecular flexibility index (Phi) is 2.48. The third-order valence-corrected chi connectivity index (χ3v) is 2.78. The minimum absolute atomic E-state index is 0.413. The molecule has 11 heavy (non-hydrogen) atoms. The highest BCUT2D eigenvalue weighted by Gasteiger charge is 2.35. The van der Waals surface area contributed by atoms with Crippen LogP contribution in [0.3, 0.4) is 0 Å². The fraction of sp³-hybridized carbons (Fsp3) is 0.700. The minimum Gasteiger partial charge on any atom is -0.300 e. The second kappa shape index (κ2) is 3.21. The predicted octanol–water partition coefficient (Wildman–Crippen LogP) is 2.82. The molecule has 0 saturated carbocycles. The lowest BCUT2D eigenvalue weighted by atomic mass is 9.66. The summed E-state index contributed by atoms with van der Waals surface area (Å²) < 4.78 is 0. The third-order valence-electron chi connectivity index (χ3n) is 2.78. The van der Waals surface area contributed by atoms with Crippen LogP contribution in [0.15, 0.2) is 16.6 Å². The van der Waals surface area contributed by atoms with Gasteiger partial charge in [0.25, 0.3) is 0 Å². The van der Waals surface area contributed by atoms with Gasteiger partial charge in [0.05, 0.1) is 0 Å². The van der Waals surface area contributed by atoms with Gasteiger partial charge in [0.2, 0.25) is 0 Å². The van der Waals surface area contributed by atoms with Crippen molar-refractivity contribution in [1.82, 2.24) is 0 Å². The summed E-state index contributed by atoms with van der Waals surface area (Å²) in [5, 5.41) is 0. The first-order valence-electron chi connectivity index (χ1n) is 4.35. The van der Waals surface area contributed by atoms with Crippen molar-refractivity contribution in [2.75, 3.05) is 6.54 Å². The molecular formula is C10H17N. The van der Waals surface area contributed by atoms with Crippen molar-refractivity contribution in [3.63, 3.8) is 0 Å². The van der Waals surface area contributed by atoms with Gasteiger partial charge in [0, 0.05) is 12.0 Å². The highest BCUT2D eigenvalue weighted by Crippen LogP contribution is 2.44. The van der Waals surface area contributed by atoms with Crippen LogP contribution in [-0.4, -0.2) is 13.3 Å². The standard InChI is InChI=1S/C10H17N/c1-4-6-10(8-11-3)7-5-9(10)2/h5H,3-4,6-8H2,1-2H3. The number of aliphatic imine (C=N–C) groups is 1. The lowest BCUT2D eigenvalue weighted by Gasteiger charge is -2.39. The molecule has 0 spiro atoms. The summed E-state index contributed by atoms with van der Waals surface area (Å²) in [5.41, 5.74) is 1.93. The fourth-order valence-corrected chi connectivity index (χ4v) is 1.85. The van der Waals surface area contributed by atoms with Crippen LogP contribution in [0.25, 0.3) is 0 Å². The van der Waals surface area contributed by atoms with Gasteiger partial charge in [-0.05, 0) is 26.5 Å². The van der Waals surface area contributed by atoms with E-state index in [-0.39, 0.29) is 0 Å². The van der Waals surface area contributed by atoms with Crippen molar-refractivity contribution in [3.8, 4) is 0 Å². The van der Waals surface area contributed by atoms with Crippen molar-refractivity contribution >= 4 is 6.72 Å². The van der Waals surface area contributed by atoms with Crippen LogP contribution in [-0.2, 0) is 0 Å². The second-order valence-corrected chi connectivity index (χ2v) is 3.50. The molecule has 0 fully saturated rings. The summed E-state index contributed by atoms with van der Waals surface area (Å²) in [5.74, 6) is 0. The van der Waals surface area contributed by atoms with Gasteiger partial charge in [-0.25, -0.2) is 0 Å². The van der Waals surface area contributed by atoms with Crippen LogP contribution >= 0.6 is 0 Å². The molecule has 1 aliphatic rings. The third kappa shape index (κ3) is 1.37. The first-order valence-corrected chi connectivity index (χ1v) is 4.35. The van der Waals surface area contributed by atoms with E-state index in [0.717, 1.165) is 6.54 Å². The largest absolute Gasteiger partial charge is 0.300 e. The van der Waals surface area contributed by atoms with Crippen LogP contribution in [0.4, 0.5) is 0 Å². The number of hydrogen-bond donors (Lipinski definition) is 0. The molecule has 1 aliphatic carbocycles. The zero-order valence-corrected chi connectivity index (χ0v) is 7.56. The van der Waals surface area contributed by atoms with E-state index in [1.54, 1.807) is 0 Å². The maximum absolute atomic E-state index is 4.01. The van der Waals surface area contributed by atoms with Crippen LogP contribution < -0.4 is 0 Å². The van der Waals surface area contributed by atoms with Gasteiger partial charge < -0.3 is 4.99 Å². The number of hydrogen-bond acceptors (Lipinski definition) is 1. The summed E-state index contributed by atoms with van der Waals surface area (Å²) in [4.78, 5) is 4.01. The average molecular weight is 151 g/mol. The minimum atomic E-state index is 0.413. The molecular weight excluding hydrogens is 134 g/mol. The lowest BCUT2D eigenvalue weighted by Crippen LogP contribution is -2.31. The second-order valence-electron chi connectivity index (χ2n) is 3.50. The Balaban J connectivity index is 2.59. The molecule has 0 heterocycles. The number of rotatable bonds is 4. The van der Waals surface area contributed by atoms with E-state index in [9.17, 15) is 0 Å². The van der Waals surface area contributed by atoms with Crippen molar-refractivity contribution in [1.29, 1.82) is 0 Å². The molecule has 1 unspecified atom stereocenters. The highest BCUT2D eigenvalue weighted by molar-refractivity contribution is 5.29. The van der Waals surface area contributed by atoms with Crippen molar-refractivity contribution in [3.05, 3.63) is 11.6 Å². The average Bonchev–Trinajstić information content (AvgIpc) is 2.01. The zero-order chi connectivity index (χ0) is 8.32. The summed E-state index contributed by atoms with van der Waals surface area (Å²) in [7, 11) is 0. The fourth-order valence-electron chi connectivity index (χ4n) is 1.85. The molecule has 1 atom stereocenters. The van der Waals surface area contributed by atoms with Gasteiger partial charge in [-0.1, -0.05) is 25.0 Å². The monoisotopic (exact) mass is 151 g/mol. The van der Waals surface area contributed by atoms with Gasteiger partial charge in [-0.3, -0.25) is 0 Å². The molecule has 0 aliphatic heterocycles. The molecule has 62 valence electrons. The molecule has 0 aromatic rings. The molecule has 0 N–H and O–H groups in total. The van der Waals surface area contributed by atoms with Crippen LogP contribution in [0.1, 0.15) is 33.1 Å². The maximum Gasteiger partial charge on any atom is 0.0478 e. The van der Waals surface area contributed by atoms with E-state index >= 15 is 0 Å². The molecule has 0 amide bonds. The topological polar surface area (TPSA) is 12.4 Å². The van der Waals surface area contributed by atoms with Crippen molar-refractivity contribution < 1.29 is 0 Å². The van der Waals surface area contributed by atoms with E-state index in [0.29, 0.717) is 5.41 Å². The molecule has 0 saturated heterocycles. The van der Waals surface area contributed by atoms with Gasteiger partial charge in [0.15, 0.2) is 0 Å². The first kappa shape index (κ1) is 8.51. The van der Waals surface area contributed by atoms with E-state index < -0.39 is 0 Å². The van der Waals surface area contributed by atoms with E-state index in [1.807, 2.05) is 0 Å². The van der Waals surface area contributed by atoms with Gasteiger partial charge in [0.1, 0.15) is 0 Å². The van der Waals surface area contributed by atoms with Crippen molar-refractivity contribution in [2.24, 2.45) is 10.4 Å². The normalized spacial score (nSPS) is 29.1. The molecule has 1 nitrogen and oxygen atoms in total. The predicted molar refractivity (Wildman–Crippen MR) is 50.1 cm³/mol. The molecule has 1 heteroatoms. The Morgan fingerprint density at radius 3 is 2.73 bits per heavy atom. The highest BCUT2D eigenvalue weighted by atomic mass is 14.7. The maximum atomic E-state index is 4.01. The molecule has 0 aromatic carbocycles. The van der Waals surface area contributed by atoms with Crippen LogP contribution in [0.5, 0.6) is 0 Å². The van der Waals surface area contributed by atoms with Crippen molar-refractivity contribution in [2.45, 2.75) is 33.1 Å². The summed E-state index contributed by atoms with van der Waals surface area (Å²) >= 11 is 0. The van der Waals surface area contributed by atoms with E-state index in [1.165, 1.54) is 24.8 Å². The quantitative estimate of drug-likeness (QED) is 0.433. The SMILES string of the molecule is C=NCC1(CCC)CC=C1C. The van der Waals surface area contributed by atoms with Gasteiger partial charge >= 0.3 is 0 Å². The molecule has 0 bridgehead atoms. The Bertz CT molecular complexity index is 181. The lowest BCUT2D eigenvalue weighted by molar-refractivity contribution is 0.300. The Morgan fingerprint density at radius 1 is 1.73 bits per heavy atom. The number of allylic oxidation sites excluding steroid dienone is 1. The zero-order valence-electron chi connectivity index (χ0n) is 7.56.